The first kappa shape index (κ1) is 18.8. The first-order chi connectivity index (χ1) is 13.3. The molecule has 2 aliphatic rings. The van der Waals surface area contributed by atoms with Crippen LogP contribution in [0, 0.1) is 0 Å². The van der Waals surface area contributed by atoms with E-state index in [0.29, 0.717) is 36.5 Å². The highest BCUT2D eigenvalue weighted by atomic mass is 35.5. The smallest absolute Gasteiger partial charge is 0.255 e. The SMILES string of the molecule is CC(C)(C(=O)N1CCC2(CC1)NC(=O)c1ccccc1N2)c1ccc(Cl)cc1. The summed E-state index contributed by atoms with van der Waals surface area (Å²) in [5, 5.41) is 7.27. The van der Waals surface area contributed by atoms with Gasteiger partial charge in [0.1, 0.15) is 5.66 Å². The van der Waals surface area contributed by atoms with E-state index in [1.54, 1.807) is 0 Å². The van der Waals surface area contributed by atoms with Crippen molar-refractivity contribution in [3.63, 3.8) is 0 Å². The summed E-state index contributed by atoms with van der Waals surface area (Å²) in [6.07, 6.45) is 1.32. The normalized spacial score (nSPS) is 18.2. The number of rotatable bonds is 2. The highest BCUT2D eigenvalue weighted by molar-refractivity contribution is 6.30. The molecule has 2 amide bonds. The Labute approximate surface area is 170 Å². The van der Waals surface area contributed by atoms with Crippen LogP contribution in [0.1, 0.15) is 42.6 Å². The van der Waals surface area contributed by atoms with Crippen molar-refractivity contribution in [1.82, 2.24) is 10.2 Å². The zero-order chi connectivity index (χ0) is 19.9. The van der Waals surface area contributed by atoms with E-state index < -0.39 is 11.1 Å². The van der Waals surface area contributed by atoms with E-state index in [1.165, 1.54) is 0 Å². The van der Waals surface area contributed by atoms with Gasteiger partial charge in [0.15, 0.2) is 0 Å². The highest BCUT2D eigenvalue weighted by Gasteiger charge is 2.43. The number of hydrogen-bond acceptors (Lipinski definition) is 3. The predicted octanol–water partition coefficient (Wildman–Crippen LogP) is 3.79. The second-order valence-electron chi connectivity index (χ2n) is 8.13. The zero-order valence-electron chi connectivity index (χ0n) is 16.1. The molecule has 2 heterocycles. The van der Waals surface area contributed by atoms with Crippen LogP contribution in [0.2, 0.25) is 5.02 Å². The molecule has 28 heavy (non-hydrogen) atoms. The molecule has 0 aliphatic carbocycles. The van der Waals surface area contributed by atoms with E-state index >= 15 is 0 Å². The Morgan fingerprint density at radius 3 is 2.36 bits per heavy atom. The third-order valence-electron chi connectivity index (χ3n) is 5.90. The number of piperidine rings is 1. The van der Waals surface area contributed by atoms with Gasteiger partial charge in [-0.1, -0.05) is 35.9 Å². The van der Waals surface area contributed by atoms with Gasteiger partial charge in [-0.3, -0.25) is 9.59 Å². The fraction of sp³-hybridized carbons (Fsp3) is 0.364. The van der Waals surface area contributed by atoms with Crippen LogP contribution >= 0.6 is 11.6 Å². The molecule has 2 aromatic carbocycles. The lowest BCUT2D eigenvalue weighted by atomic mass is 9.82. The Morgan fingerprint density at radius 1 is 1.04 bits per heavy atom. The third kappa shape index (κ3) is 3.24. The van der Waals surface area contributed by atoms with E-state index in [-0.39, 0.29) is 11.8 Å². The molecule has 0 aromatic heterocycles. The minimum atomic E-state index is -0.634. The molecule has 5 nitrogen and oxygen atoms in total. The van der Waals surface area contributed by atoms with Gasteiger partial charge in [-0.15, -0.1) is 0 Å². The summed E-state index contributed by atoms with van der Waals surface area (Å²) in [5.41, 5.74) is 1.33. The molecule has 1 spiro atoms. The number of para-hydroxylation sites is 1. The van der Waals surface area contributed by atoms with Crippen molar-refractivity contribution in [1.29, 1.82) is 0 Å². The average Bonchev–Trinajstić information content (AvgIpc) is 2.68. The van der Waals surface area contributed by atoms with Gasteiger partial charge in [0.25, 0.3) is 5.91 Å². The quantitative estimate of drug-likeness (QED) is 0.810. The lowest BCUT2D eigenvalue weighted by Gasteiger charge is -2.47. The molecule has 1 fully saturated rings. The summed E-state index contributed by atoms with van der Waals surface area (Å²) < 4.78 is 0. The van der Waals surface area contributed by atoms with Crippen LogP contribution in [0.5, 0.6) is 0 Å². The molecular weight excluding hydrogens is 374 g/mol. The summed E-state index contributed by atoms with van der Waals surface area (Å²) >= 11 is 5.98. The monoisotopic (exact) mass is 397 g/mol. The maximum Gasteiger partial charge on any atom is 0.255 e. The van der Waals surface area contributed by atoms with Crippen molar-refractivity contribution in [2.24, 2.45) is 0 Å². The summed E-state index contributed by atoms with van der Waals surface area (Å²) in [6.45, 7) is 5.07. The number of benzene rings is 2. The largest absolute Gasteiger partial charge is 0.362 e. The molecule has 2 aromatic rings. The average molecular weight is 398 g/mol. The maximum atomic E-state index is 13.2. The van der Waals surface area contributed by atoms with Crippen molar-refractivity contribution >= 4 is 29.1 Å². The minimum absolute atomic E-state index is 0.0596. The van der Waals surface area contributed by atoms with E-state index in [9.17, 15) is 9.59 Å². The van der Waals surface area contributed by atoms with Gasteiger partial charge in [0, 0.05) is 36.6 Å². The number of nitrogens with one attached hydrogen (secondary N) is 2. The van der Waals surface area contributed by atoms with Crippen molar-refractivity contribution in [2.45, 2.75) is 37.8 Å². The van der Waals surface area contributed by atoms with Crippen molar-refractivity contribution in [3.8, 4) is 0 Å². The Bertz CT molecular complexity index is 916. The van der Waals surface area contributed by atoms with E-state index in [0.717, 1.165) is 11.3 Å². The molecule has 6 heteroatoms. The molecule has 0 saturated carbocycles. The van der Waals surface area contributed by atoms with Crippen LogP contribution in [0.15, 0.2) is 48.5 Å². The fourth-order valence-electron chi connectivity index (χ4n) is 4.09. The van der Waals surface area contributed by atoms with Gasteiger partial charge in [-0.25, -0.2) is 0 Å². The van der Waals surface area contributed by atoms with E-state index in [4.69, 9.17) is 11.6 Å². The van der Waals surface area contributed by atoms with Gasteiger partial charge in [0.05, 0.1) is 11.0 Å². The van der Waals surface area contributed by atoms with Gasteiger partial charge in [-0.05, 0) is 43.7 Å². The summed E-state index contributed by atoms with van der Waals surface area (Å²) in [7, 11) is 0. The fourth-order valence-corrected chi connectivity index (χ4v) is 4.22. The highest BCUT2D eigenvalue weighted by Crippen LogP contribution is 2.33. The Balaban J connectivity index is 1.48. The molecule has 0 bridgehead atoms. The van der Waals surface area contributed by atoms with Gasteiger partial charge < -0.3 is 15.5 Å². The number of fused-ring (bicyclic) bond motifs is 1. The third-order valence-corrected chi connectivity index (χ3v) is 6.16. The maximum absolute atomic E-state index is 13.2. The summed E-state index contributed by atoms with van der Waals surface area (Å²) in [5.74, 6) is 0.0304. The molecule has 0 radical (unpaired) electrons. The van der Waals surface area contributed by atoms with E-state index in [2.05, 4.69) is 10.6 Å². The van der Waals surface area contributed by atoms with Gasteiger partial charge in [-0.2, -0.15) is 0 Å². The number of carbonyl (C=O) groups excluding carboxylic acids is 2. The molecule has 2 N–H and O–H groups in total. The number of carbonyl (C=O) groups is 2. The van der Waals surface area contributed by atoms with Crippen LogP contribution in [-0.4, -0.2) is 35.5 Å². The lowest BCUT2D eigenvalue weighted by molar-refractivity contribution is -0.137. The summed E-state index contributed by atoms with van der Waals surface area (Å²) in [4.78, 5) is 27.6. The number of anilines is 1. The number of hydrogen-bond donors (Lipinski definition) is 2. The van der Waals surface area contributed by atoms with Crippen LogP contribution in [0.4, 0.5) is 5.69 Å². The second-order valence-corrected chi connectivity index (χ2v) is 8.57. The second kappa shape index (κ2) is 6.82. The number of nitrogens with zero attached hydrogens (tertiary/aromatic N) is 1. The van der Waals surface area contributed by atoms with Gasteiger partial charge >= 0.3 is 0 Å². The number of halogens is 1. The van der Waals surface area contributed by atoms with Crippen molar-refractivity contribution in [3.05, 3.63) is 64.7 Å². The number of amides is 2. The molecule has 146 valence electrons. The standard InChI is InChI=1S/C22H24ClN3O2/c1-21(2,15-7-9-16(23)10-8-15)20(28)26-13-11-22(12-14-26)24-18-6-4-3-5-17(18)19(27)25-22/h3-10,24H,11-14H2,1-2H3,(H,25,27). The Kier molecular flexibility index (Phi) is 4.58. The molecule has 4 rings (SSSR count). The van der Waals surface area contributed by atoms with Crippen molar-refractivity contribution in [2.75, 3.05) is 18.4 Å². The van der Waals surface area contributed by atoms with Crippen LogP contribution < -0.4 is 10.6 Å². The topological polar surface area (TPSA) is 61.4 Å². The predicted molar refractivity (Wildman–Crippen MR) is 111 cm³/mol. The summed E-state index contributed by atoms with van der Waals surface area (Å²) in [6, 6.07) is 15.0. The van der Waals surface area contributed by atoms with Crippen LogP contribution in [0.3, 0.4) is 0 Å². The van der Waals surface area contributed by atoms with Crippen molar-refractivity contribution < 1.29 is 9.59 Å². The van der Waals surface area contributed by atoms with Crippen LogP contribution in [0.25, 0.3) is 0 Å². The molecule has 1 saturated heterocycles. The lowest BCUT2D eigenvalue weighted by Crippen LogP contribution is -2.63. The molecule has 0 unspecified atom stereocenters. The Hall–Kier alpha value is -2.53. The molecule has 2 aliphatic heterocycles. The Morgan fingerprint density at radius 2 is 1.68 bits per heavy atom. The first-order valence-corrected chi connectivity index (χ1v) is 9.94. The molecular formula is C22H24ClN3O2. The van der Waals surface area contributed by atoms with E-state index in [1.807, 2.05) is 67.3 Å². The van der Waals surface area contributed by atoms with Crippen LogP contribution in [-0.2, 0) is 10.2 Å². The zero-order valence-corrected chi connectivity index (χ0v) is 16.8. The first-order valence-electron chi connectivity index (χ1n) is 9.56. The van der Waals surface area contributed by atoms with Gasteiger partial charge in [0.2, 0.25) is 5.91 Å². The minimum Gasteiger partial charge on any atom is -0.362 e. The number of likely N-dealkylation sites (tertiary alicyclic amines) is 1. The molecule has 0 atom stereocenters.